The van der Waals surface area contributed by atoms with E-state index in [1.165, 1.54) is 0 Å². The molecule has 0 aliphatic rings. The Labute approximate surface area is 181 Å². The lowest BCUT2D eigenvalue weighted by Crippen LogP contribution is -2.17. The van der Waals surface area contributed by atoms with Crippen LogP contribution in [-0.4, -0.2) is 40.8 Å². The van der Waals surface area contributed by atoms with E-state index in [4.69, 9.17) is 9.47 Å². The third-order valence-corrected chi connectivity index (χ3v) is 6.52. The topological polar surface area (TPSA) is 99.5 Å². The van der Waals surface area contributed by atoms with Crippen LogP contribution in [0.4, 0.5) is 5.00 Å². The molecule has 0 bridgehead atoms. The molecule has 0 unspecified atom stereocenters. The predicted octanol–water partition coefficient (Wildman–Crippen LogP) is 4.01. The van der Waals surface area contributed by atoms with Crippen LogP contribution in [-0.2, 0) is 20.8 Å². The van der Waals surface area contributed by atoms with Crippen molar-refractivity contribution in [3.8, 4) is 0 Å². The first-order valence-electron chi connectivity index (χ1n) is 9.18. The Morgan fingerprint density at radius 1 is 1.10 bits per heavy atom. The van der Waals surface area contributed by atoms with Crippen LogP contribution in [0, 0.1) is 20.8 Å². The molecule has 2 heterocycles. The van der Waals surface area contributed by atoms with Gasteiger partial charge in [-0.3, -0.25) is 9.48 Å². The number of halogens is 1. The summed E-state index contributed by atoms with van der Waals surface area (Å²) >= 11 is 4.47. The summed E-state index contributed by atoms with van der Waals surface area (Å²) in [5.41, 5.74) is 2.39. The fourth-order valence-corrected chi connectivity index (χ4v) is 4.12. The molecule has 1 N–H and O–H groups in total. The van der Waals surface area contributed by atoms with E-state index < -0.39 is 11.9 Å². The second-order valence-corrected chi connectivity index (χ2v) is 8.02. The minimum Gasteiger partial charge on any atom is -0.462 e. The smallest absolute Gasteiger partial charge is 0.348 e. The van der Waals surface area contributed by atoms with E-state index in [-0.39, 0.29) is 41.0 Å². The van der Waals surface area contributed by atoms with Gasteiger partial charge in [0.05, 0.1) is 35.5 Å². The molecule has 2 aromatic rings. The molecule has 158 valence electrons. The fourth-order valence-electron chi connectivity index (χ4n) is 2.73. The third-order valence-electron chi connectivity index (χ3n) is 4.18. The SMILES string of the molecule is CCOC(=O)c1sc(NC(=O)CCn2nc(C)c(Br)c2C)c(C(=O)OCC)c1C. The van der Waals surface area contributed by atoms with Gasteiger partial charge in [-0.1, -0.05) is 0 Å². The highest BCUT2D eigenvalue weighted by Crippen LogP contribution is 2.34. The zero-order chi connectivity index (χ0) is 21.7. The number of carbonyl (C=O) groups excluding carboxylic acids is 3. The average Bonchev–Trinajstić information content (AvgIpc) is 3.11. The molecule has 2 rings (SSSR count). The van der Waals surface area contributed by atoms with Gasteiger partial charge in [0.25, 0.3) is 0 Å². The Morgan fingerprint density at radius 3 is 2.28 bits per heavy atom. The van der Waals surface area contributed by atoms with Crippen molar-refractivity contribution < 1.29 is 23.9 Å². The number of nitrogens with one attached hydrogen (secondary N) is 1. The molecule has 0 spiro atoms. The summed E-state index contributed by atoms with van der Waals surface area (Å²) in [6.07, 6.45) is 0.155. The Bertz CT molecular complexity index is 935. The lowest BCUT2D eigenvalue weighted by atomic mass is 10.1. The molecule has 0 saturated heterocycles. The van der Waals surface area contributed by atoms with E-state index in [0.717, 1.165) is 27.2 Å². The number of aromatic nitrogens is 2. The molecule has 0 aliphatic heterocycles. The molecular formula is C19H24BrN3O5S. The largest absolute Gasteiger partial charge is 0.462 e. The van der Waals surface area contributed by atoms with Crippen LogP contribution in [0.5, 0.6) is 0 Å². The normalized spacial score (nSPS) is 10.7. The minimum atomic E-state index is -0.588. The summed E-state index contributed by atoms with van der Waals surface area (Å²) in [6, 6.07) is 0. The van der Waals surface area contributed by atoms with Crippen LogP contribution in [0.1, 0.15) is 57.2 Å². The van der Waals surface area contributed by atoms with Crippen molar-refractivity contribution in [2.75, 3.05) is 18.5 Å². The van der Waals surface area contributed by atoms with Crippen molar-refractivity contribution >= 4 is 50.1 Å². The van der Waals surface area contributed by atoms with Gasteiger partial charge >= 0.3 is 11.9 Å². The third kappa shape index (κ3) is 5.24. The average molecular weight is 486 g/mol. The van der Waals surface area contributed by atoms with Gasteiger partial charge in [0, 0.05) is 12.1 Å². The number of hydrogen-bond acceptors (Lipinski definition) is 7. The molecule has 10 heteroatoms. The summed E-state index contributed by atoms with van der Waals surface area (Å²) in [4.78, 5) is 37.4. The van der Waals surface area contributed by atoms with Gasteiger partial charge in [-0.05, 0) is 56.1 Å². The maximum atomic E-state index is 12.5. The van der Waals surface area contributed by atoms with Gasteiger partial charge in [-0.2, -0.15) is 5.10 Å². The number of aryl methyl sites for hydroxylation is 2. The van der Waals surface area contributed by atoms with Gasteiger partial charge in [-0.15, -0.1) is 11.3 Å². The Kier molecular flexibility index (Phi) is 7.97. The molecule has 8 nitrogen and oxygen atoms in total. The molecule has 0 aliphatic carbocycles. The zero-order valence-corrected chi connectivity index (χ0v) is 19.5. The number of rotatable bonds is 8. The quantitative estimate of drug-likeness (QED) is 0.566. The van der Waals surface area contributed by atoms with E-state index in [1.807, 2.05) is 13.8 Å². The molecule has 0 aromatic carbocycles. The maximum absolute atomic E-state index is 12.5. The number of hydrogen-bond donors (Lipinski definition) is 1. The predicted molar refractivity (Wildman–Crippen MR) is 114 cm³/mol. The van der Waals surface area contributed by atoms with Crippen LogP contribution < -0.4 is 5.32 Å². The van der Waals surface area contributed by atoms with Crippen molar-refractivity contribution in [3.05, 3.63) is 31.9 Å². The summed E-state index contributed by atoms with van der Waals surface area (Å²) in [5, 5.41) is 7.40. The Morgan fingerprint density at radius 2 is 1.72 bits per heavy atom. The van der Waals surface area contributed by atoms with Crippen molar-refractivity contribution in [2.45, 2.75) is 47.6 Å². The fraction of sp³-hybridized carbons (Fsp3) is 0.474. The van der Waals surface area contributed by atoms with E-state index in [0.29, 0.717) is 12.1 Å². The van der Waals surface area contributed by atoms with Crippen LogP contribution in [0.2, 0.25) is 0 Å². The second kappa shape index (κ2) is 10.0. The lowest BCUT2D eigenvalue weighted by Gasteiger charge is -2.08. The first-order valence-corrected chi connectivity index (χ1v) is 10.8. The van der Waals surface area contributed by atoms with E-state index in [2.05, 4.69) is 26.3 Å². The molecule has 1 amide bonds. The standard InChI is InChI=1S/C19H24BrN3O5S/c1-6-27-18(25)14-10(3)16(19(26)28-7-2)29-17(14)21-13(24)8-9-23-12(5)15(20)11(4)22-23/h6-9H2,1-5H3,(H,21,24). The molecule has 2 aromatic heterocycles. The Balaban J connectivity index is 2.21. The molecule has 0 radical (unpaired) electrons. The van der Waals surface area contributed by atoms with Crippen LogP contribution in [0.15, 0.2) is 4.47 Å². The first kappa shape index (κ1) is 23.1. The van der Waals surface area contributed by atoms with Crippen LogP contribution >= 0.6 is 27.3 Å². The Hall–Kier alpha value is -2.20. The van der Waals surface area contributed by atoms with Gasteiger partial charge in [0.2, 0.25) is 5.91 Å². The van der Waals surface area contributed by atoms with Gasteiger partial charge in [0.1, 0.15) is 9.88 Å². The number of nitrogens with zero attached hydrogens (tertiary/aromatic N) is 2. The number of anilines is 1. The van der Waals surface area contributed by atoms with Crippen molar-refractivity contribution in [2.24, 2.45) is 0 Å². The van der Waals surface area contributed by atoms with Crippen molar-refractivity contribution in [1.82, 2.24) is 9.78 Å². The first-order chi connectivity index (χ1) is 13.7. The number of esters is 2. The lowest BCUT2D eigenvalue weighted by molar-refractivity contribution is -0.116. The minimum absolute atomic E-state index is 0.155. The van der Waals surface area contributed by atoms with E-state index in [9.17, 15) is 14.4 Å². The highest BCUT2D eigenvalue weighted by molar-refractivity contribution is 9.10. The summed E-state index contributed by atoms with van der Waals surface area (Å²) in [5.74, 6) is -1.42. The van der Waals surface area contributed by atoms with Crippen molar-refractivity contribution in [1.29, 1.82) is 0 Å². The highest BCUT2D eigenvalue weighted by Gasteiger charge is 2.27. The molecule has 0 saturated carbocycles. The number of amides is 1. The summed E-state index contributed by atoms with van der Waals surface area (Å²) in [7, 11) is 0. The molecule has 0 fully saturated rings. The van der Waals surface area contributed by atoms with Gasteiger partial charge in [-0.25, -0.2) is 9.59 Å². The van der Waals surface area contributed by atoms with Gasteiger partial charge < -0.3 is 14.8 Å². The van der Waals surface area contributed by atoms with E-state index in [1.54, 1.807) is 25.5 Å². The monoisotopic (exact) mass is 485 g/mol. The summed E-state index contributed by atoms with van der Waals surface area (Å²) in [6.45, 7) is 9.60. The zero-order valence-electron chi connectivity index (χ0n) is 17.1. The number of carbonyl (C=O) groups is 3. The molecule has 0 atom stereocenters. The maximum Gasteiger partial charge on any atom is 0.348 e. The van der Waals surface area contributed by atoms with Crippen molar-refractivity contribution in [3.63, 3.8) is 0 Å². The highest BCUT2D eigenvalue weighted by atomic mass is 79.9. The summed E-state index contributed by atoms with van der Waals surface area (Å²) < 4.78 is 12.8. The molecular weight excluding hydrogens is 462 g/mol. The van der Waals surface area contributed by atoms with E-state index >= 15 is 0 Å². The second-order valence-electron chi connectivity index (χ2n) is 6.21. The van der Waals surface area contributed by atoms with Crippen LogP contribution in [0.3, 0.4) is 0 Å². The van der Waals surface area contributed by atoms with Crippen LogP contribution in [0.25, 0.3) is 0 Å². The van der Waals surface area contributed by atoms with Gasteiger partial charge in [0.15, 0.2) is 0 Å². The number of thiophene rings is 1. The number of ether oxygens (including phenoxy) is 2. The molecule has 29 heavy (non-hydrogen) atoms.